The number of hydrogen-bond donors (Lipinski definition) is 1. The Bertz CT molecular complexity index is 554. The summed E-state index contributed by atoms with van der Waals surface area (Å²) in [6.07, 6.45) is 4.12. The standard InChI is InChI=1S/C12H12N2O/c13-12(15)10-7-14-6-2-4-8-3-1-5-9(10)11(8)14/h1,3,5,7H,2,4,6H2,(H2,13,15). The van der Waals surface area contributed by atoms with Gasteiger partial charge in [0.05, 0.1) is 11.1 Å². The fourth-order valence-corrected chi connectivity index (χ4v) is 2.45. The molecule has 3 rings (SSSR count). The quantitative estimate of drug-likeness (QED) is 0.748. The molecule has 0 aliphatic carbocycles. The monoisotopic (exact) mass is 200 g/mol. The van der Waals surface area contributed by atoms with Gasteiger partial charge in [0.25, 0.3) is 5.91 Å². The predicted molar refractivity (Wildman–Crippen MR) is 58.8 cm³/mol. The average Bonchev–Trinajstić information content (AvgIpc) is 2.61. The lowest BCUT2D eigenvalue weighted by molar-refractivity contribution is 0.100. The maximum atomic E-state index is 11.3. The Morgan fingerprint density at radius 3 is 3.07 bits per heavy atom. The van der Waals surface area contributed by atoms with Gasteiger partial charge in [-0.25, -0.2) is 0 Å². The molecule has 3 heteroatoms. The molecule has 2 heterocycles. The number of hydrogen-bond acceptors (Lipinski definition) is 1. The number of para-hydroxylation sites is 1. The molecule has 1 amide bonds. The largest absolute Gasteiger partial charge is 0.366 e. The van der Waals surface area contributed by atoms with Crippen molar-refractivity contribution in [3.63, 3.8) is 0 Å². The Morgan fingerprint density at radius 1 is 1.40 bits per heavy atom. The van der Waals surface area contributed by atoms with Crippen LogP contribution in [0.5, 0.6) is 0 Å². The van der Waals surface area contributed by atoms with Gasteiger partial charge < -0.3 is 10.3 Å². The first-order chi connectivity index (χ1) is 7.27. The maximum Gasteiger partial charge on any atom is 0.250 e. The van der Waals surface area contributed by atoms with Crippen molar-refractivity contribution >= 4 is 16.8 Å². The molecular formula is C12H12N2O. The van der Waals surface area contributed by atoms with Crippen LogP contribution in [0, 0.1) is 0 Å². The highest BCUT2D eigenvalue weighted by atomic mass is 16.1. The molecule has 0 bridgehead atoms. The van der Waals surface area contributed by atoms with Crippen molar-refractivity contribution in [2.75, 3.05) is 0 Å². The molecule has 0 unspecified atom stereocenters. The van der Waals surface area contributed by atoms with E-state index in [1.54, 1.807) is 0 Å². The van der Waals surface area contributed by atoms with Crippen LogP contribution in [0.2, 0.25) is 0 Å². The highest BCUT2D eigenvalue weighted by Gasteiger charge is 2.17. The number of carbonyl (C=O) groups is 1. The van der Waals surface area contributed by atoms with Gasteiger partial charge in [-0.2, -0.15) is 0 Å². The Kier molecular flexibility index (Phi) is 1.63. The Balaban J connectivity index is 2.43. The molecule has 0 atom stereocenters. The van der Waals surface area contributed by atoms with E-state index in [9.17, 15) is 4.79 Å². The topological polar surface area (TPSA) is 48.0 Å². The lowest BCUT2D eigenvalue weighted by Gasteiger charge is -2.14. The average molecular weight is 200 g/mol. The Hall–Kier alpha value is -1.77. The molecule has 1 aromatic heterocycles. The van der Waals surface area contributed by atoms with Crippen LogP contribution in [-0.2, 0) is 13.0 Å². The molecule has 3 nitrogen and oxygen atoms in total. The summed E-state index contributed by atoms with van der Waals surface area (Å²) < 4.78 is 2.15. The Morgan fingerprint density at radius 2 is 2.27 bits per heavy atom. The smallest absolute Gasteiger partial charge is 0.250 e. The van der Waals surface area contributed by atoms with Crippen LogP contribution in [0.15, 0.2) is 24.4 Å². The first-order valence-electron chi connectivity index (χ1n) is 5.18. The summed E-state index contributed by atoms with van der Waals surface area (Å²) in [6, 6.07) is 6.10. The minimum atomic E-state index is -0.335. The molecule has 0 radical (unpaired) electrons. The molecule has 15 heavy (non-hydrogen) atoms. The third-order valence-corrected chi connectivity index (χ3v) is 3.09. The van der Waals surface area contributed by atoms with Crippen LogP contribution in [-0.4, -0.2) is 10.5 Å². The summed E-state index contributed by atoms with van der Waals surface area (Å²) in [5, 5.41) is 1.000. The fraction of sp³-hybridized carbons (Fsp3) is 0.250. The van der Waals surface area contributed by atoms with E-state index in [0.717, 1.165) is 24.8 Å². The number of primary amides is 1. The van der Waals surface area contributed by atoms with Crippen molar-refractivity contribution in [1.82, 2.24) is 4.57 Å². The van der Waals surface area contributed by atoms with Crippen molar-refractivity contribution in [2.45, 2.75) is 19.4 Å². The van der Waals surface area contributed by atoms with E-state index in [2.05, 4.69) is 10.6 Å². The minimum Gasteiger partial charge on any atom is -0.366 e. The van der Waals surface area contributed by atoms with Gasteiger partial charge in [0.15, 0.2) is 0 Å². The second-order valence-corrected chi connectivity index (χ2v) is 4.02. The number of aromatic nitrogens is 1. The third-order valence-electron chi connectivity index (χ3n) is 3.09. The van der Waals surface area contributed by atoms with Gasteiger partial charge in [-0.05, 0) is 18.4 Å². The van der Waals surface area contributed by atoms with Crippen LogP contribution in [0.3, 0.4) is 0 Å². The third kappa shape index (κ3) is 1.09. The molecular weight excluding hydrogens is 188 g/mol. The molecule has 1 aromatic carbocycles. The van der Waals surface area contributed by atoms with E-state index in [4.69, 9.17) is 5.73 Å². The molecule has 0 fully saturated rings. The number of benzene rings is 1. The van der Waals surface area contributed by atoms with E-state index >= 15 is 0 Å². The lowest BCUT2D eigenvalue weighted by Crippen LogP contribution is -2.10. The second kappa shape index (κ2) is 2.86. The normalized spacial score (nSPS) is 14.4. The molecule has 1 aliphatic heterocycles. The van der Waals surface area contributed by atoms with Gasteiger partial charge >= 0.3 is 0 Å². The molecule has 0 saturated carbocycles. The molecule has 0 spiro atoms. The summed E-state index contributed by atoms with van der Waals surface area (Å²) in [4.78, 5) is 11.3. The van der Waals surface area contributed by atoms with Gasteiger partial charge in [0.2, 0.25) is 0 Å². The summed E-state index contributed by atoms with van der Waals surface area (Å²) in [5.74, 6) is -0.335. The number of aryl methyl sites for hydroxylation is 2. The molecule has 2 aromatic rings. The number of rotatable bonds is 1. The predicted octanol–water partition coefficient (Wildman–Crippen LogP) is 1.69. The van der Waals surface area contributed by atoms with Gasteiger partial charge in [-0.1, -0.05) is 18.2 Å². The van der Waals surface area contributed by atoms with Crippen molar-refractivity contribution in [3.8, 4) is 0 Å². The summed E-state index contributed by atoms with van der Waals surface area (Å²) >= 11 is 0. The van der Waals surface area contributed by atoms with E-state index in [-0.39, 0.29) is 5.91 Å². The molecule has 1 aliphatic rings. The number of nitrogens with two attached hydrogens (primary N) is 1. The maximum absolute atomic E-state index is 11.3. The highest BCUT2D eigenvalue weighted by Crippen LogP contribution is 2.28. The van der Waals surface area contributed by atoms with Gasteiger partial charge in [0.1, 0.15) is 0 Å². The van der Waals surface area contributed by atoms with Crippen LogP contribution >= 0.6 is 0 Å². The molecule has 2 N–H and O–H groups in total. The second-order valence-electron chi connectivity index (χ2n) is 4.02. The zero-order chi connectivity index (χ0) is 10.4. The van der Waals surface area contributed by atoms with E-state index < -0.39 is 0 Å². The number of amides is 1. The van der Waals surface area contributed by atoms with Gasteiger partial charge in [-0.3, -0.25) is 4.79 Å². The van der Waals surface area contributed by atoms with Crippen molar-refractivity contribution in [3.05, 3.63) is 35.5 Å². The SMILES string of the molecule is NC(=O)c1cn2c3c(cccc13)CCC2. The first kappa shape index (κ1) is 8.53. The molecule has 76 valence electrons. The highest BCUT2D eigenvalue weighted by molar-refractivity contribution is 6.07. The van der Waals surface area contributed by atoms with Crippen LogP contribution in [0.1, 0.15) is 22.3 Å². The van der Waals surface area contributed by atoms with Gasteiger partial charge in [-0.15, -0.1) is 0 Å². The van der Waals surface area contributed by atoms with E-state index in [0.29, 0.717) is 5.56 Å². The van der Waals surface area contributed by atoms with E-state index in [1.807, 2.05) is 18.3 Å². The summed E-state index contributed by atoms with van der Waals surface area (Å²) in [7, 11) is 0. The Labute approximate surface area is 87.5 Å². The lowest BCUT2D eigenvalue weighted by atomic mass is 10.0. The number of nitrogens with zero attached hydrogens (tertiary/aromatic N) is 1. The zero-order valence-corrected chi connectivity index (χ0v) is 8.36. The first-order valence-corrected chi connectivity index (χ1v) is 5.18. The zero-order valence-electron chi connectivity index (χ0n) is 8.36. The van der Waals surface area contributed by atoms with Crippen LogP contribution < -0.4 is 5.73 Å². The summed E-state index contributed by atoms with van der Waals surface area (Å²) in [6.45, 7) is 0.987. The van der Waals surface area contributed by atoms with Crippen LogP contribution in [0.4, 0.5) is 0 Å². The molecule has 0 saturated heterocycles. The van der Waals surface area contributed by atoms with Crippen LogP contribution in [0.25, 0.3) is 10.9 Å². The minimum absolute atomic E-state index is 0.335. The van der Waals surface area contributed by atoms with Crippen molar-refractivity contribution in [1.29, 1.82) is 0 Å². The van der Waals surface area contributed by atoms with Crippen molar-refractivity contribution in [2.24, 2.45) is 5.73 Å². The van der Waals surface area contributed by atoms with E-state index in [1.165, 1.54) is 11.1 Å². The number of carbonyl (C=O) groups excluding carboxylic acids is 1. The fourth-order valence-electron chi connectivity index (χ4n) is 2.45. The van der Waals surface area contributed by atoms with Gasteiger partial charge in [0, 0.05) is 18.1 Å². The van der Waals surface area contributed by atoms with Crippen molar-refractivity contribution < 1.29 is 4.79 Å². The summed E-state index contributed by atoms with van der Waals surface area (Å²) in [5.41, 5.74) is 8.53.